The number of halogens is 2. The van der Waals surface area contributed by atoms with Crippen LogP contribution < -0.4 is 20.1 Å². The maximum atomic E-state index is 13.0. The normalized spacial score (nSPS) is 12.1. The Kier molecular flexibility index (Phi) is 9.98. The number of ether oxygens (including phenoxy) is 1. The van der Waals surface area contributed by atoms with E-state index in [9.17, 15) is 18.0 Å². The molecule has 9 nitrogen and oxygen atoms in total. The molecule has 202 valence electrons. The van der Waals surface area contributed by atoms with Gasteiger partial charge in [-0.2, -0.15) is 0 Å². The van der Waals surface area contributed by atoms with Crippen LogP contribution in [0.5, 0.6) is 11.5 Å². The number of nitrogens with zero attached hydrogens (tertiary/aromatic N) is 1. The molecule has 0 bridgehead atoms. The van der Waals surface area contributed by atoms with Crippen LogP contribution in [-0.2, 0) is 14.8 Å². The summed E-state index contributed by atoms with van der Waals surface area (Å²) in [6, 6.07) is 16.4. The summed E-state index contributed by atoms with van der Waals surface area (Å²) < 4.78 is 34.4. The molecule has 0 fully saturated rings. The zero-order valence-corrected chi connectivity index (χ0v) is 23.3. The van der Waals surface area contributed by atoms with Gasteiger partial charge in [0.25, 0.3) is 15.9 Å². The third-order valence-electron chi connectivity index (χ3n) is 5.13. The first-order valence-corrected chi connectivity index (χ1v) is 13.8. The van der Waals surface area contributed by atoms with E-state index >= 15 is 0 Å². The van der Waals surface area contributed by atoms with Crippen LogP contribution in [0.15, 0.2) is 71.6 Å². The lowest BCUT2D eigenvalue weighted by Crippen LogP contribution is -2.44. The molecular weight excluding hydrogens is 551 g/mol. The van der Waals surface area contributed by atoms with Gasteiger partial charge in [-0.15, -0.1) is 0 Å². The van der Waals surface area contributed by atoms with Crippen LogP contribution >= 0.6 is 23.2 Å². The first-order valence-electron chi connectivity index (χ1n) is 11.5. The highest BCUT2D eigenvalue weighted by Crippen LogP contribution is 2.35. The highest BCUT2D eigenvalue weighted by Gasteiger charge is 2.19. The van der Waals surface area contributed by atoms with Crippen LogP contribution in [0.4, 0.5) is 5.69 Å². The number of carbonyl (C=O) groups is 2. The number of anilines is 1. The van der Waals surface area contributed by atoms with Crippen LogP contribution in [0.25, 0.3) is 0 Å². The fourth-order valence-electron chi connectivity index (χ4n) is 3.49. The van der Waals surface area contributed by atoms with Crippen molar-refractivity contribution in [1.82, 2.24) is 15.5 Å². The summed E-state index contributed by atoms with van der Waals surface area (Å²) in [5.41, 5.74) is 0.397. The Hall–Kier alpha value is -3.31. The lowest BCUT2D eigenvalue weighted by Gasteiger charge is -2.18. The van der Waals surface area contributed by atoms with Gasteiger partial charge in [0.2, 0.25) is 5.91 Å². The molecule has 12 heteroatoms. The molecule has 0 spiro atoms. The number of hydrogen-bond acceptors (Lipinski definition) is 6. The van der Waals surface area contributed by atoms with Gasteiger partial charge >= 0.3 is 0 Å². The number of benzene rings is 3. The minimum Gasteiger partial charge on any atom is -0.454 e. The van der Waals surface area contributed by atoms with Crippen LogP contribution in [-0.4, -0.2) is 58.4 Å². The predicted molar refractivity (Wildman–Crippen MR) is 149 cm³/mol. The van der Waals surface area contributed by atoms with Gasteiger partial charge in [0.05, 0.1) is 22.2 Å². The molecule has 0 radical (unpaired) electrons. The van der Waals surface area contributed by atoms with E-state index in [0.717, 1.165) is 0 Å². The first kappa shape index (κ1) is 29.2. The zero-order valence-electron chi connectivity index (χ0n) is 21.0. The highest BCUT2D eigenvalue weighted by atomic mass is 35.5. The quantitative estimate of drug-likeness (QED) is 0.311. The van der Waals surface area contributed by atoms with Gasteiger partial charge in [-0.1, -0.05) is 35.3 Å². The predicted octanol–water partition coefficient (Wildman–Crippen LogP) is 4.38. The third kappa shape index (κ3) is 8.35. The van der Waals surface area contributed by atoms with Gasteiger partial charge in [-0.05, 0) is 75.6 Å². The largest absolute Gasteiger partial charge is 0.454 e. The molecule has 1 atom stereocenters. The number of para-hydroxylation sites is 2. The molecule has 38 heavy (non-hydrogen) atoms. The molecule has 2 amide bonds. The Morgan fingerprint density at radius 1 is 0.974 bits per heavy atom. The first-order chi connectivity index (χ1) is 17.9. The third-order valence-corrected chi connectivity index (χ3v) is 7.04. The molecule has 3 aromatic carbocycles. The monoisotopic (exact) mass is 578 g/mol. The van der Waals surface area contributed by atoms with Crippen molar-refractivity contribution in [2.24, 2.45) is 0 Å². The standard InChI is InChI=1S/C26H28Cl2N4O5S/c1-17(16-32(2)3)30-25(33)15-29-26(34)18-8-11-20(12-9-18)38(35,36)31-22-6-4-5-7-24(22)37-23-13-10-19(27)14-21(23)28/h4-14,17,31H,15-16H2,1-3H3,(H,29,34)(H,30,33). The van der Waals surface area contributed by atoms with Crippen molar-refractivity contribution in [3.05, 3.63) is 82.3 Å². The zero-order chi connectivity index (χ0) is 27.9. The Morgan fingerprint density at radius 2 is 1.66 bits per heavy atom. The summed E-state index contributed by atoms with van der Waals surface area (Å²) in [5, 5.41) is 6.02. The van der Waals surface area contributed by atoms with E-state index in [-0.39, 0.29) is 45.4 Å². The number of rotatable bonds is 11. The maximum Gasteiger partial charge on any atom is 0.262 e. The summed E-state index contributed by atoms with van der Waals surface area (Å²) in [5.74, 6) is -0.291. The molecule has 3 aromatic rings. The highest BCUT2D eigenvalue weighted by molar-refractivity contribution is 7.92. The molecule has 0 aliphatic carbocycles. The Bertz CT molecular complexity index is 1400. The fraction of sp³-hybridized carbons (Fsp3) is 0.231. The second-order valence-electron chi connectivity index (χ2n) is 8.72. The summed E-state index contributed by atoms with van der Waals surface area (Å²) >= 11 is 12.1. The number of hydrogen-bond donors (Lipinski definition) is 3. The lowest BCUT2D eigenvalue weighted by atomic mass is 10.2. The average Bonchev–Trinajstić information content (AvgIpc) is 2.84. The SMILES string of the molecule is CC(CN(C)C)NC(=O)CNC(=O)c1ccc(S(=O)(=O)Nc2ccccc2Oc2ccc(Cl)cc2Cl)cc1. The van der Waals surface area contributed by atoms with Crippen LogP contribution in [0, 0.1) is 0 Å². The summed E-state index contributed by atoms with van der Waals surface area (Å²) in [4.78, 5) is 26.4. The van der Waals surface area contributed by atoms with Crippen molar-refractivity contribution < 1.29 is 22.7 Å². The molecule has 0 aromatic heterocycles. The van der Waals surface area contributed by atoms with E-state index in [2.05, 4.69) is 15.4 Å². The van der Waals surface area contributed by atoms with Crippen molar-refractivity contribution in [3.8, 4) is 11.5 Å². The second kappa shape index (κ2) is 13.0. The summed E-state index contributed by atoms with van der Waals surface area (Å²) in [6.07, 6.45) is 0. The Labute approximate surface area is 232 Å². The van der Waals surface area contributed by atoms with E-state index < -0.39 is 15.9 Å². The van der Waals surface area contributed by atoms with Crippen molar-refractivity contribution in [2.75, 3.05) is 31.9 Å². The molecule has 0 heterocycles. The van der Waals surface area contributed by atoms with Gasteiger partial charge in [-0.25, -0.2) is 8.42 Å². The molecule has 0 saturated heterocycles. The number of amides is 2. The van der Waals surface area contributed by atoms with Gasteiger partial charge in [-0.3, -0.25) is 14.3 Å². The molecular formula is C26H28Cl2N4O5S. The number of likely N-dealkylation sites (N-methyl/N-ethyl adjacent to an activating group) is 1. The topological polar surface area (TPSA) is 117 Å². The van der Waals surface area contributed by atoms with Crippen molar-refractivity contribution in [3.63, 3.8) is 0 Å². The smallest absolute Gasteiger partial charge is 0.262 e. The molecule has 0 saturated carbocycles. The number of nitrogens with one attached hydrogen (secondary N) is 3. The van der Waals surface area contributed by atoms with Gasteiger partial charge in [0, 0.05) is 23.2 Å². The molecule has 3 N–H and O–H groups in total. The minimum absolute atomic E-state index is 0.0661. The number of sulfonamides is 1. The van der Waals surface area contributed by atoms with Gasteiger partial charge in [0.1, 0.15) is 5.75 Å². The summed E-state index contributed by atoms with van der Waals surface area (Å²) in [6.45, 7) is 2.33. The number of carbonyl (C=O) groups excluding carboxylic acids is 2. The van der Waals surface area contributed by atoms with E-state index in [4.69, 9.17) is 27.9 Å². The van der Waals surface area contributed by atoms with Gasteiger partial charge in [0.15, 0.2) is 5.75 Å². The molecule has 0 aliphatic rings. The van der Waals surface area contributed by atoms with Crippen LogP contribution in [0.2, 0.25) is 10.0 Å². The Morgan fingerprint density at radius 3 is 2.32 bits per heavy atom. The van der Waals surface area contributed by atoms with E-state index in [1.165, 1.54) is 30.3 Å². The van der Waals surface area contributed by atoms with Crippen LogP contribution in [0.3, 0.4) is 0 Å². The summed E-state index contributed by atoms with van der Waals surface area (Å²) in [7, 11) is -0.227. The molecule has 1 unspecified atom stereocenters. The molecule has 0 aliphatic heterocycles. The minimum atomic E-state index is -4.02. The molecule has 3 rings (SSSR count). The maximum absolute atomic E-state index is 13.0. The van der Waals surface area contributed by atoms with Crippen molar-refractivity contribution >= 4 is 50.7 Å². The van der Waals surface area contributed by atoms with Crippen molar-refractivity contribution in [1.29, 1.82) is 0 Å². The fourth-order valence-corrected chi connectivity index (χ4v) is 5.00. The second-order valence-corrected chi connectivity index (χ2v) is 11.2. The van der Waals surface area contributed by atoms with E-state index in [1.807, 2.05) is 25.9 Å². The Balaban J connectivity index is 1.65. The van der Waals surface area contributed by atoms with E-state index in [1.54, 1.807) is 36.4 Å². The average molecular weight is 580 g/mol. The lowest BCUT2D eigenvalue weighted by molar-refractivity contribution is -0.120. The van der Waals surface area contributed by atoms with Gasteiger partial charge < -0.3 is 20.3 Å². The van der Waals surface area contributed by atoms with Crippen molar-refractivity contribution in [2.45, 2.75) is 17.9 Å². The van der Waals surface area contributed by atoms with Crippen LogP contribution in [0.1, 0.15) is 17.3 Å². The van der Waals surface area contributed by atoms with E-state index in [0.29, 0.717) is 17.3 Å².